The predicted molar refractivity (Wildman–Crippen MR) is 121 cm³/mol. The molecule has 0 saturated heterocycles. The predicted octanol–water partition coefficient (Wildman–Crippen LogP) is 5.49. The molecule has 0 aliphatic heterocycles. The van der Waals surface area contributed by atoms with Crippen LogP contribution in [0.1, 0.15) is 27.0 Å². The van der Waals surface area contributed by atoms with E-state index in [1.807, 2.05) is 61.5 Å². The molecule has 4 rings (SSSR count). The van der Waals surface area contributed by atoms with Crippen molar-refractivity contribution in [1.29, 1.82) is 0 Å². The van der Waals surface area contributed by atoms with E-state index in [0.29, 0.717) is 12.2 Å². The molecule has 30 heavy (non-hydrogen) atoms. The van der Waals surface area contributed by atoms with Crippen LogP contribution in [0.2, 0.25) is 0 Å². The van der Waals surface area contributed by atoms with E-state index in [4.69, 9.17) is 4.74 Å². The second kappa shape index (κ2) is 9.05. The topological polar surface area (TPSA) is 50.7 Å². The highest BCUT2D eigenvalue weighted by molar-refractivity contribution is 5.95. The third kappa shape index (κ3) is 4.73. The Morgan fingerprint density at radius 2 is 1.70 bits per heavy atom. The zero-order chi connectivity index (χ0) is 20.8. The number of nitrogens with one attached hydrogen (secondary N) is 1. The van der Waals surface area contributed by atoms with Crippen molar-refractivity contribution in [2.75, 3.05) is 0 Å². The number of amides is 1. The van der Waals surface area contributed by atoms with Crippen molar-refractivity contribution in [2.24, 2.45) is 5.10 Å². The molecule has 4 aromatic rings. The van der Waals surface area contributed by atoms with Gasteiger partial charge in [0, 0.05) is 5.56 Å². The van der Waals surface area contributed by atoms with Crippen LogP contribution in [-0.4, -0.2) is 12.1 Å². The quantitative estimate of drug-likeness (QED) is 0.347. The number of carbonyl (C=O) groups is 1. The van der Waals surface area contributed by atoms with E-state index in [-0.39, 0.29) is 5.91 Å². The molecule has 4 nitrogen and oxygen atoms in total. The van der Waals surface area contributed by atoms with E-state index < -0.39 is 0 Å². The zero-order valence-corrected chi connectivity index (χ0v) is 16.7. The van der Waals surface area contributed by atoms with Crippen molar-refractivity contribution in [1.82, 2.24) is 5.43 Å². The minimum absolute atomic E-state index is 0.241. The molecule has 1 amide bonds. The average Bonchev–Trinajstić information content (AvgIpc) is 2.78. The minimum Gasteiger partial charge on any atom is -0.489 e. The first-order valence-corrected chi connectivity index (χ1v) is 9.79. The third-order valence-corrected chi connectivity index (χ3v) is 4.83. The summed E-state index contributed by atoms with van der Waals surface area (Å²) in [6, 6.07) is 29.5. The van der Waals surface area contributed by atoms with Crippen LogP contribution in [-0.2, 0) is 6.61 Å². The van der Waals surface area contributed by atoms with Gasteiger partial charge in [-0.2, -0.15) is 5.10 Å². The highest BCUT2D eigenvalue weighted by Gasteiger charge is 2.04. The van der Waals surface area contributed by atoms with Gasteiger partial charge in [0.05, 0.1) is 6.21 Å². The maximum atomic E-state index is 12.1. The molecule has 4 aromatic carbocycles. The molecule has 0 spiro atoms. The fourth-order valence-electron chi connectivity index (χ4n) is 3.20. The van der Waals surface area contributed by atoms with E-state index in [9.17, 15) is 4.79 Å². The SMILES string of the molecule is Cc1ccc(C(=O)N/N=C\c2cccc(OCc3cccc4ccccc34)c2)cc1. The van der Waals surface area contributed by atoms with E-state index in [1.165, 1.54) is 10.8 Å². The fourth-order valence-corrected chi connectivity index (χ4v) is 3.20. The van der Waals surface area contributed by atoms with Crippen molar-refractivity contribution in [3.8, 4) is 5.75 Å². The van der Waals surface area contributed by atoms with Gasteiger partial charge in [-0.1, -0.05) is 72.3 Å². The summed E-state index contributed by atoms with van der Waals surface area (Å²) in [6.45, 7) is 2.46. The normalized spacial score (nSPS) is 11.0. The van der Waals surface area contributed by atoms with Crippen LogP contribution >= 0.6 is 0 Å². The number of carbonyl (C=O) groups excluding carboxylic acids is 1. The number of benzene rings is 4. The number of hydrazone groups is 1. The molecule has 0 radical (unpaired) electrons. The van der Waals surface area contributed by atoms with Gasteiger partial charge in [-0.05, 0) is 53.1 Å². The molecule has 0 bridgehead atoms. The molecule has 0 aliphatic rings. The molecule has 4 heteroatoms. The molecule has 0 fully saturated rings. The molecular weight excluding hydrogens is 372 g/mol. The molecule has 0 saturated carbocycles. The smallest absolute Gasteiger partial charge is 0.271 e. The van der Waals surface area contributed by atoms with Crippen molar-refractivity contribution < 1.29 is 9.53 Å². The molecule has 0 atom stereocenters. The molecule has 148 valence electrons. The van der Waals surface area contributed by atoms with Gasteiger partial charge in [-0.3, -0.25) is 4.79 Å². The second-order valence-corrected chi connectivity index (χ2v) is 7.06. The Morgan fingerprint density at radius 3 is 2.57 bits per heavy atom. The molecule has 0 aliphatic carbocycles. The number of hydrogen-bond donors (Lipinski definition) is 1. The molecule has 0 unspecified atom stereocenters. The van der Waals surface area contributed by atoms with Gasteiger partial charge in [0.25, 0.3) is 5.91 Å². The number of nitrogens with zero attached hydrogens (tertiary/aromatic N) is 1. The summed E-state index contributed by atoms with van der Waals surface area (Å²) in [5.74, 6) is 0.506. The summed E-state index contributed by atoms with van der Waals surface area (Å²) in [5, 5.41) is 6.45. The average molecular weight is 394 g/mol. The summed E-state index contributed by atoms with van der Waals surface area (Å²) in [4.78, 5) is 12.1. The Balaban J connectivity index is 1.39. The maximum Gasteiger partial charge on any atom is 0.271 e. The van der Waals surface area contributed by atoms with Crippen LogP contribution in [0.3, 0.4) is 0 Å². The lowest BCUT2D eigenvalue weighted by molar-refractivity contribution is 0.0955. The lowest BCUT2D eigenvalue weighted by atomic mass is 10.1. The third-order valence-electron chi connectivity index (χ3n) is 4.83. The highest BCUT2D eigenvalue weighted by Crippen LogP contribution is 2.21. The zero-order valence-electron chi connectivity index (χ0n) is 16.7. The number of aryl methyl sites for hydroxylation is 1. The lowest BCUT2D eigenvalue weighted by Crippen LogP contribution is -2.17. The first-order chi connectivity index (χ1) is 14.7. The number of fused-ring (bicyclic) bond motifs is 1. The summed E-state index contributed by atoms with van der Waals surface area (Å²) in [6.07, 6.45) is 1.61. The van der Waals surface area contributed by atoms with Crippen LogP contribution in [0, 0.1) is 6.92 Å². The van der Waals surface area contributed by atoms with Gasteiger partial charge < -0.3 is 4.74 Å². The molecule has 0 heterocycles. The van der Waals surface area contributed by atoms with Crippen LogP contribution in [0.25, 0.3) is 10.8 Å². The Kier molecular flexibility index (Phi) is 5.85. The van der Waals surface area contributed by atoms with Crippen LogP contribution in [0.15, 0.2) is 96.1 Å². The first kappa shape index (κ1) is 19.4. The van der Waals surface area contributed by atoms with Crippen LogP contribution < -0.4 is 10.2 Å². The summed E-state index contributed by atoms with van der Waals surface area (Å²) >= 11 is 0. The minimum atomic E-state index is -0.241. The van der Waals surface area contributed by atoms with E-state index >= 15 is 0 Å². The number of rotatable bonds is 6. The van der Waals surface area contributed by atoms with E-state index in [0.717, 1.165) is 22.4 Å². The highest BCUT2D eigenvalue weighted by atomic mass is 16.5. The van der Waals surface area contributed by atoms with Crippen molar-refractivity contribution in [3.63, 3.8) is 0 Å². The second-order valence-electron chi connectivity index (χ2n) is 7.06. The van der Waals surface area contributed by atoms with Gasteiger partial charge in [-0.25, -0.2) is 5.43 Å². The number of ether oxygens (including phenoxy) is 1. The fraction of sp³-hybridized carbons (Fsp3) is 0.0769. The Morgan fingerprint density at radius 1 is 0.933 bits per heavy atom. The first-order valence-electron chi connectivity index (χ1n) is 9.79. The molecule has 0 aromatic heterocycles. The van der Waals surface area contributed by atoms with Gasteiger partial charge in [0.1, 0.15) is 12.4 Å². The van der Waals surface area contributed by atoms with Crippen molar-refractivity contribution in [2.45, 2.75) is 13.5 Å². The van der Waals surface area contributed by atoms with Gasteiger partial charge in [0.15, 0.2) is 0 Å². The van der Waals surface area contributed by atoms with Gasteiger partial charge in [-0.15, -0.1) is 0 Å². The van der Waals surface area contributed by atoms with Crippen molar-refractivity contribution in [3.05, 3.63) is 113 Å². The standard InChI is InChI=1S/C26H22N2O2/c1-19-12-14-22(15-13-19)26(29)28-27-17-20-6-4-10-24(16-20)30-18-23-9-5-8-21-7-2-3-11-25(21)23/h2-17H,18H2,1H3,(H,28,29)/b27-17-. The largest absolute Gasteiger partial charge is 0.489 e. The monoisotopic (exact) mass is 394 g/mol. The summed E-state index contributed by atoms with van der Waals surface area (Å²) in [5.41, 5.74) is 6.21. The maximum absolute atomic E-state index is 12.1. The lowest BCUT2D eigenvalue weighted by Gasteiger charge is -2.09. The summed E-state index contributed by atoms with van der Waals surface area (Å²) < 4.78 is 6.00. The van der Waals surface area contributed by atoms with Crippen LogP contribution in [0.4, 0.5) is 0 Å². The van der Waals surface area contributed by atoms with Crippen LogP contribution in [0.5, 0.6) is 5.75 Å². The molecular formula is C26H22N2O2. The van der Waals surface area contributed by atoms with Gasteiger partial charge >= 0.3 is 0 Å². The molecule has 1 N–H and O–H groups in total. The van der Waals surface area contributed by atoms with Crippen molar-refractivity contribution >= 4 is 22.9 Å². The van der Waals surface area contributed by atoms with E-state index in [2.05, 4.69) is 34.8 Å². The summed E-state index contributed by atoms with van der Waals surface area (Å²) in [7, 11) is 0. The Labute approximate surface area is 175 Å². The van der Waals surface area contributed by atoms with E-state index in [1.54, 1.807) is 18.3 Å². The van der Waals surface area contributed by atoms with Gasteiger partial charge in [0.2, 0.25) is 0 Å². The number of hydrogen-bond acceptors (Lipinski definition) is 3. The Bertz CT molecular complexity index is 1190. The Hall–Kier alpha value is -3.92.